The number of ether oxygens (including phenoxy) is 1. The molecular formula is C15H25NO3S. The summed E-state index contributed by atoms with van der Waals surface area (Å²) in [5.41, 5.74) is 1.14. The molecular weight excluding hydrogens is 274 g/mol. The highest BCUT2D eigenvalue weighted by molar-refractivity contribution is 7.90. The summed E-state index contributed by atoms with van der Waals surface area (Å²) in [4.78, 5) is 0. The Kier molecular flexibility index (Phi) is 7.02. The van der Waals surface area contributed by atoms with Crippen LogP contribution in [0, 0.1) is 0 Å². The summed E-state index contributed by atoms with van der Waals surface area (Å²) in [6, 6.07) is 8.16. The topological polar surface area (TPSA) is 55.4 Å². The first-order valence-electron chi connectivity index (χ1n) is 7.10. The van der Waals surface area contributed by atoms with Crippen molar-refractivity contribution in [1.82, 2.24) is 5.32 Å². The molecule has 1 N–H and O–H groups in total. The standard InChI is InChI=1S/C15H25NO3S/c1-4-16-15(10-7-11-20(3,17)18)13-8-6-9-14(12-13)19-5-2/h6,8-9,12,15-16H,4-5,7,10-11H2,1-3H3. The van der Waals surface area contributed by atoms with Gasteiger partial charge in [-0.15, -0.1) is 0 Å². The van der Waals surface area contributed by atoms with Crippen LogP contribution in [0.25, 0.3) is 0 Å². The molecule has 0 aromatic heterocycles. The van der Waals surface area contributed by atoms with Gasteiger partial charge in [-0.1, -0.05) is 19.1 Å². The molecule has 0 fully saturated rings. The fourth-order valence-electron chi connectivity index (χ4n) is 2.17. The minimum absolute atomic E-state index is 0.169. The molecule has 0 spiro atoms. The molecule has 1 rings (SSSR count). The van der Waals surface area contributed by atoms with Crippen molar-refractivity contribution < 1.29 is 13.2 Å². The van der Waals surface area contributed by atoms with E-state index in [0.717, 1.165) is 24.3 Å². The quantitative estimate of drug-likeness (QED) is 0.761. The smallest absolute Gasteiger partial charge is 0.147 e. The van der Waals surface area contributed by atoms with Gasteiger partial charge in [0.05, 0.1) is 6.61 Å². The van der Waals surface area contributed by atoms with Crippen molar-refractivity contribution in [3.8, 4) is 5.75 Å². The van der Waals surface area contributed by atoms with E-state index in [9.17, 15) is 8.42 Å². The first-order valence-corrected chi connectivity index (χ1v) is 9.16. The van der Waals surface area contributed by atoms with E-state index in [4.69, 9.17) is 4.74 Å². The molecule has 0 saturated carbocycles. The van der Waals surface area contributed by atoms with E-state index < -0.39 is 9.84 Å². The van der Waals surface area contributed by atoms with Gasteiger partial charge in [0.25, 0.3) is 0 Å². The Bertz CT molecular complexity index is 500. The summed E-state index contributed by atoms with van der Waals surface area (Å²) in [6.45, 7) is 5.50. The van der Waals surface area contributed by atoms with Crippen LogP contribution in [0.2, 0.25) is 0 Å². The summed E-state index contributed by atoms with van der Waals surface area (Å²) >= 11 is 0. The zero-order valence-electron chi connectivity index (χ0n) is 12.6. The third kappa shape index (κ3) is 6.39. The highest BCUT2D eigenvalue weighted by Crippen LogP contribution is 2.23. The van der Waals surface area contributed by atoms with Gasteiger partial charge in [0, 0.05) is 18.1 Å². The fourth-order valence-corrected chi connectivity index (χ4v) is 2.86. The lowest BCUT2D eigenvalue weighted by molar-refractivity contribution is 0.339. The summed E-state index contributed by atoms with van der Waals surface area (Å²) in [7, 11) is -2.89. The summed E-state index contributed by atoms with van der Waals surface area (Å²) in [5.74, 6) is 1.09. The molecule has 114 valence electrons. The lowest BCUT2D eigenvalue weighted by Gasteiger charge is -2.19. The Morgan fingerprint density at radius 3 is 2.65 bits per heavy atom. The molecule has 1 aromatic rings. The minimum atomic E-state index is -2.89. The number of hydrogen-bond donors (Lipinski definition) is 1. The van der Waals surface area contributed by atoms with Gasteiger partial charge in [0.1, 0.15) is 15.6 Å². The van der Waals surface area contributed by atoms with Crippen molar-refractivity contribution in [3.05, 3.63) is 29.8 Å². The highest BCUT2D eigenvalue weighted by Gasteiger charge is 2.12. The maximum absolute atomic E-state index is 11.2. The van der Waals surface area contributed by atoms with E-state index in [1.807, 2.05) is 25.1 Å². The van der Waals surface area contributed by atoms with Crippen LogP contribution in [0.4, 0.5) is 0 Å². The first-order chi connectivity index (χ1) is 9.46. The highest BCUT2D eigenvalue weighted by atomic mass is 32.2. The van der Waals surface area contributed by atoms with E-state index in [1.165, 1.54) is 6.26 Å². The van der Waals surface area contributed by atoms with Gasteiger partial charge in [-0.2, -0.15) is 0 Å². The van der Waals surface area contributed by atoms with Crippen LogP contribution in [-0.2, 0) is 9.84 Å². The van der Waals surface area contributed by atoms with Crippen LogP contribution in [-0.4, -0.2) is 33.6 Å². The predicted octanol–water partition coefficient (Wildman–Crippen LogP) is 2.56. The Labute approximate surface area is 122 Å². The second kappa shape index (κ2) is 8.27. The number of hydrogen-bond acceptors (Lipinski definition) is 4. The zero-order chi connectivity index (χ0) is 15.0. The van der Waals surface area contributed by atoms with Crippen molar-refractivity contribution in [2.75, 3.05) is 25.2 Å². The molecule has 0 heterocycles. The molecule has 0 bridgehead atoms. The Hall–Kier alpha value is -1.07. The Morgan fingerprint density at radius 1 is 1.30 bits per heavy atom. The SMILES string of the molecule is CCNC(CCCS(C)(=O)=O)c1cccc(OCC)c1. The van der Waals surface area contributed by atoms with E-state index in [0.29, 0.717) is 13.0 Å². The van der Waals surface area contributed by atoms with Crippen LogP contribution < -0.4 is 10.1 Å². The van der Waals surface area contributed by atoms with Gasteiger partial charge in [-0.3, -0.25) is 0 Å². The average Bonchev–Trinajstić information content (AvgIpc) is 2.37. The summed E-state index contributed by atoms with van der Waals surface area (Å²) < 4.78 is 27.9. The van der Waals surface area contributed by atoms with Gasteiger partial charge >= 0.3 is 0 Å². The fraction of sp³-hybridized carbons (Fsp3) is 0.600. The first kappa shape index (κ1) is 17.0. The molecule has 0 aliphatic carbocycles. The lowest BCUT2D eigenvalue weighted by atomic mass is 10.0. The monoisotopic (exact) mass is 299 g/mol. The molecule has 20 heavy (non-hydrogen) atoms. The molecule has 4 nitrogen and oxygen atoms in total. The molecule has 1 aromatic carbocycles. The van der Waals surface area contributed by atoms with E-state index in [2.05, 4.69) is 18.3 Å². The summed E-state index contributed by atoms with van der Waals surface area (Å²) in [6.07, 6.45) is 2.75. The zero-order valence-corrected chi connectivity index (χ0v) is 13.4. The number of nitrogens with one attached hydrogen (secondary N) is 1. The van der Waals surface area contributed by atoms with Gasteiger partial charge in [0.15, 0.2) is 0 Å². The van der Waals surface area contributed by atoms with Crippen LogP contribution in [0.5, 0.6) is 5.75 Å². The Balaban J connectivity index is 2.71. The lowest BCUT2D eigenvalue weighted by Crippen LogP contribution is -2.21. The van der Waals surface area contributed by atoms with Gasteiger partial charge in [0.2, 0.25) is 0 Å². The maximum atomic E-state index is 11.2. The molecule has 0 saturated heterocycles. The van der Waals surface area contributed by atoms with Gasteiger partial charge in [-0.05, 0) is 44.0 Å². The summed E-state index contributed by atoms with van der Waals surface area (Å²) in [5, 5.41) is 3.40. The molecule has 5 heteroatoms. The molecule has 0 aliphatic rings. The predicted molar refractivity (Wildman–Crippen MR) is 83.0 cm³/mol. The molecule has 0 amide bonds. The van der Waals surface area contributed by atoms with Gasteiger partial charge in [-0.25, -0.2) is 8.42 Å². The van der Waals surface area contributed by atoms with Crippen molar-refractivity contribution in [3.63, 3.8) is 0 Å². The minimum Gasteiger partial charge on any atom is -0.494 e. The van der Waals surface area contributed by atoms with E-state index >= 15 is 0 Å². The number of sulfone groups is 1. The van der Waals surface area contributed by atoms with Crippen LogP contribution >= 0.6 is 0 Å². The van der Waals surface area contributed by atoms with Crippen molar-refractivity contribution in [1.29, 1.82) is 0 Å². The second-order valence-corrected chi connectivity index (χ2v) is 7.15. The largest absolute Gasteiger partial charge is 0.494 e. The maximum Gasteiger partial charge on any atom is 0.147 e. The Morgan fingerprint density at radius 2 is 2.05 bits per heavy atom. The molecule has 1 unspecified atom stereocenters. The van der Waals surface area contributed by atoms with E-state index in [1.54, 1.807) is 0 Å². The van der Waals surface area contributed by atoms with Gasteiger partial charge < -0.3 is 10.1 Å². The number of rotatable bonds is 9. The van der Waals surface area contributed by atoms with E-state index in [-0.39, 0.29) is 11.8 Å². The molecule has 0 radical (unpaired) electrons. The van der Waals surface area contributed by atoms with Crippen molar-refractivity contribution >= 4 is 9.84 Å². The van der Waals surface area contributed by atoms with Crippen molar-refractivity contribution in [2.24, 2.45) is 0 Å². The third-order valence-corrected chi connectivity index (χ3v) is 4.06. The second-order valence-electron chi connectivity index (χ2n) is 4.89. The average molecular weight is 299 g/mol. The normalized spacial score (nSPS) is 13.2. The van der Waals surface area contributed by atoms with Crippen molar-refractivity contribution in [2.45, 2.75) is 32.7 Å². The molecule has 1 atom stereocenters. The van der Waals surface area contributed by atoms with Crippen LogP contribution in [0.1, 0.15) is 38.3 Å². The third-order valence-electron chi connectivity index (χ3n) is 3.03. The molecule has 0 aliphatic heterocycles. The van der Waals surface area contributed by atoms with Crippen LogP contribution in [0.3, 0.4) is 0 Å². The number of benzene rings is 1. The van der Waals surface area contributed by atoms with Crippen LogP contribution in [0.15, 0.2) is 24.3 Å².